The van der Waals surface area contributed by atoms with Crippen molar-refractivity contribution in [2.75, 3.05) is 32.0 Å². The van der Waals surface area contributed by atoms with E-state index in [1.165, 1.54) is 38.6 Å². The number of amides is 1. The highest BCUT2D eigenvalue weighted by atomic mass is 16.3. The molecule has 1 amide bonds. The second-order valence-electron chi connectivity index (χ2n) is 7.57. The number of hydrogen-bond acceptors (Lipinski definition) is 5. The molecule has 0 aromatic carbocycles. The third kappa shape index (κ3) is 5.95. The average molecular weight is 380 g/mol. The number of carboxylic acid groups (broad SMARTS) is 1. The quantitative estimate of drug-likeness (QED) is 0.674. The molecule has 1 aromatic heterocycles. The third-order valence-electron chi connectivity index (χ3n) is 5.69. The van der Waals surface area contributed by atoms with E-state index in [1.54, 1.807) is 11.7 Å². The Morgan fingerprint density at radius 1 is 1.33 bits per heavy atom. The van der Waals surface area contributed by atoms with Crippen LogP contribution in [-0.4, -0.2) is 64.4 Å². The van der Waals surface area contributed by atoms with Crippen molar-refractivity contribution in [3.8, 4) is 0 Å². The molecule has 152 valence electrons. The fourth-order valence-corrected chi connectivity index (χ4v) is 4.23. The van der Waals surface area contributed by atoms with E-state index in [-0.39, 0.29) is 12.4 Å². The first kappa shape index (κ1) is 21.2. The lowest BCUT2D eigenvalue weighted by atomic mass is 9.84. The number of nitrogens with zero attached hydrogens (tertiary/aromatic N) is 3. The van der Waals surface area contributed by atoms with Gasteiger partial charge in [0, 0.05) is 46.0 Å². The number of nitrogens with one attached hydrogen (secondary N) is 2. The molecule has 8 heteroatoms. The van der Waals surface area contributed by atoms with Crippen LogP contribution in [0.4, 0.5) is 5.82 Å². The summed E-state index contributed by atoms with van der Waals surface area (Å²) in [7, 11) is 3.61. The number of aryl methyl sites for hydroxylation is 1. The summed E-state index contributed by atoms with van der Waals surface area (Å²) in [4.78, 5) is 23.5. The number of aromatic nitrogens is 2. The van der Waals surface area contributed by atoms with Gasteiger partial charge < -0.3 is 20.6 Å². The highest BCUT2D eigenvalue weighted by molar-refractivity contribution is 5.89. The van der Waals surface area contributed by atoms with Gasteiger partial charge in [-0.15, -0.1) is 0 Å². The molecular weight excluding hydrogens is 346 g/mol. The maximum Gasteiger partial charge on any atom is 0.290 e. The molecule has 1 aliphatic heterocycles. The van der Waals surface area contributed by atoms with Gasteiger partial charge >= 0.3 is 0 Å². The van der Waals surface area contributed by atoms with Crippen LogP contribution < -0.4 is 10.6 Å². The van der Waals surface area contributed by atoms with E-state index >= 15 is 0 Å². The molecule has 2 aliphatic rings. The zero-order chi connectivity index (χ0) is 19.7. The second kappa shape index (κ2) is 10.3. The van der Waals surface area contributed by atoms with Gasteiger partial charge in [0.25, 0.3) is 6.47 Å². The van der Waals surface area contributed by atoms with Crippen LogP contribution in [-0.2, 0) is 16.6 Å². The van der Waals surface area contributed by atoms with Gasteiger partial charge in [0.15, 0.2) is 0 Å². The summed E-state index contributed by atoms with van der Waals surface area (Å²) < 4.78 is 1.76. The number of anilines is 1. The van der Waals surface area contributed by atoms with E-state index in [1.807, 2.05) is 19.3 Å². The predicted molar refractivity (Wildman–Crippen MR) is 105 cm³/mol. The van der Waals surface area contributed by atoms with Crippen molar-refractivity contribution >= 4 is 18.2 Å². The standard InChI is InChI=1S/C18H31N5O.CH2O2/c1-19-17(24)18(20-16-8-11-22(2)21-16)9-12-23(13-10-18)14-15-6-4-3-5-7-15;2-1-3/h8,11,15H,3-7,9-10,12-14H2,1-2H3,(H,19,24)(H,20,21);1H,(H,2,3). The van der Waals surface area contributed by atoms with Gasteiger partial charge in [-0.05, 0) is 31.6 Å². The Morgan fingerprint density at radius 2 is 1.96 bits per heavy atom. The monoisotopic (exact) mass is 379 g/mol. The summed E-state index contributed by atoms with van der Waals surface area (Å²) in [5.74, 6) is 1.71. The molecule has 2 fully saturated rings. The summed E-state index contributed by atoms with van der Waals surface area (Å²) in [6.45, 7) is 2.90. The molecule has 3 rings (SSSR count). The number of likely N-dealkylation sites (N-methyl/N-ethyl adjacent to an activating group) is 1. The van der Waals surface area contributed by atoms with Crippen molar-refractivity contribution in [2.24, 2.45) is 13.0 Å². The minimum Gasteiger partial charge on any atom is -0.483 e. The normalized spacial score (nSPS) is 20.2. The molecule has 1 saturated carbocycles. The average Bonchev–Trinajstić information content (AvgIpc) is 3.09. The second-order valence-corrected chi connectivity index (χ2v) is 7.57. The first-order valence-electron chi connectivity index (χ1n) is 9.83. The SMILES string of the molecule is CNC(=O)C1(Nc2ccn(C)n2)CCN(CC2CCCCC2)CC1.O=CO. The van der Waals surface area contributed by atoms with Crippen molar-refractivity contribution in [2.45, 2.75) is 50.5 Å². The number of hydrogen-bond donors (Lipinski definition) is 3. The third-order valence-corrected chi connectivity index (χ3v) is 5.69. The highest BCUT2D eigenvalue weighted by Crippen LogP contribution is 2.30. The topological polar surface area (TPSA) is 99.5 Å². The van der Waals surface area contributed by atoms with E-state index in [4.69, 9.17) is 9.90 Å². The number of carbonyl (C=O) groups is 2. The molecule has 8 nitrogen and oxygen atoms in total. The van der Waals surface area contributed by atoms with Crippen LogP contribution in [0.1, 0.15) is 44.9 Å². The zero-order valence-corrected chi connectivity index (χ0v) is 16.5. The number of piperidine rings is 1. The molecule has 0 atom stereocenters. The summed E-state index contributed by atoms with van der Waals surface area (Å²) >= 11 is 0. The van der Waals surface area contributed by atoms with E-state index in [0.717, 1.165) is 37.7 Å². The predicted octanol–water partition coefficient (Wildman–Crippen LogP) is 1.69. The Balaban J connectivity index is 0.000000817. The molecular formula is C19H33N5O3. The van der Waals surface area contributed by atoms with Crippen molar-refractivity contribution in [1.82, 2.24) is 20.0 Å². The molecule has 0 radical (unpaired) electrons. The van der Waals surface area contributed by atoms with Crippen LogP contribution in [0.15, 0.2) is 12.3 Å². The van der Waals surface area contributed by atoms with Gasteiger partial charge in [-0.3, -0.25) is 14.3 Å². The molecule has 0 spiro atoms. The van der Waals surface area contributed by atoms with E-state index < -0.39 is 5.54 Å². The maximum absolute atomic E-state index is 12.6. The molecule has 2 heterocycles. The van der Waals surface area contributed by atoms with Crippen LogP contribution >= 0.6 is 0 Å². The molecule has 1 aliphatic carbocycles. The Morgan fingerprint density at radius 3 is 2.48 bits per heavy atom. The molecule has 3 N–H and O–H groups in total. The van der Waals surface area contributed by atoms with Gasteiger partial charge in [0.1, 0.15) is 11.4 Å². The molecule has 1 saturated heterocycles. The van der Waals surface area contributed by atoms with Gasteiger partial charge in [0.2, 0.25) is 5.91 Å². The van der Waals surface area contributed by atoms with Crippen molar-refractivity contribution in [3.63, 3.8) is 0 Å². The van der Waals surface area contributed by atoms with Gasteiger partial charge in [0.05, 0.1) is 0 Å². The fourth-order valence-electron chi connectivity index (χ4n) is 4.23. The molecule has 27 heavy (non-hydrogen) atoms. The summed E-state index contributed by atoms with van der Waals surface area (Å²) in [6, 6.07) is 1.93. The smallest absolute Gasteiger partial charge is 0.290 e. The molecule has 1 aromatic rings. The largest absolute Gasteiger partial charge is 0.483 e. The number of rotatable bonds is 5. The van der Waals surface area contributed by atoms with E-state index in [0.29, 0.717) is 0 Å². The van der Waals surface area contributed by atoms with Crippen molar-refractivity contribution < 1.29 is 14.7 Å². The minimum absolute atomic E-state index is 0.0745. The lowest BCUT2D eigenvalue weighted by molar-refractivity contribution is -0.126. The summed E-state index contributed by atoms with van der Waals surface area (Å²) in [5, 5.41) is 17.5. The number of likely N-dealkylation sites (tertiary alicyclic amines) is 1. The van der Waals surface area contributed by atoms with E-state index in [9.17, 15) is 4.79 Å². The van der Waals surface area contributed by atoms with Gasteiger partial charge in [-0.1, -0.05) is 19.3 Å². The van der Waals surface area contributed by atoms with Gasteiger partial charge in [-0.25, -0.2) is 0 Å². The Kier molecular flexibility index (Phi) is 8.09. The van der Waals surface area contributed by atoms with E-state index in [2.05, 4.69) is 20.6 Å². The number of carbonyl (C=O) groups excluding carboxylic acids is 1. The van der Waals surface area contributed by atoms with Crippen LogP contribution in [0, 0.1) is 5.92 Å². The maximum atomic E-state index is 12.6. The van der Waals surface area contributed by atoms with Crippen molar-refractivity contribution in [1.29, 1.82) is 0 Å². The molecule has 0 unspecified atom stereocenters. The first-order valence-corrected chi connectivity index (χ1v) is 9.83. The first-order chi connectivity index (χ1) is 13.0. The summed E-state index contributed by atoms with van der Waals surface area (Å²) in [6.07, 6.45) is 10.5. The lowest BCUT2D eigenvalue weighted by Crippen LogP contribution is -2.58. The summed E-state index contributed by atoms with van der Waals surface area (Å²) in [5.41, 5.74) is -0.536. The lowest BCUT2D eigenvalue weighted by Gasteiger charge is -2.42. The Hall–Kier alpha value is -2.09. The highest BCUT2D eigenvalue weighted by Gasteiger charge is 2.41. The fraction of sp³-hybridized carbons (Fsp3) is 0.737. The van der Waals surface area contributed by atoms with Crippen molar-refractivity contribution in [3.05, 3.63) is 12.3 Å². The minimum atomic E-state index is -0.536. The Bertz CT molecular complexity index is 590. The van der Waals surface area contributed by atoms with Gasteiger partial charge in [-0.2, -0.15) is 5.10 Å². The van der Waals surface area contributed by atoms with Crippen LogP contribution in [0.3, 0.4) is 0 Å². The van der Waals surface area contributed by atoms with Crippen LogP contribution in [0.5, 0.6) is 0 Å². The zero-order valence-electron chi connectivity index (χ0n) is 16.5. The Labute approximate surface area is 161 Å². The van der Waals surface area contributed by atoms with Crippen LogP contribution in [0.2, 0.25) is 0 Å². The van der Waals surface area contributed by atoms with Crippen LogP contribution in [0.25, 0.3) is 0 Å². The molecule has 0 bridgehead atoms.